The quantitative estimate of drug-likeness (QED) is 0.123. The molecule has 0 amide bonds. The third kappa shape index (κ3) is 23.2. The van der Waals surface area contributed by atoms with Crippen molar-refractivity contribution in [3.05, 3.63) is 12.2 Å². The number of rotatable bonds is 20. The Hall–Kier alpha value is -0.790. The summed E-state index contributed by atoms with van der Waals surface area (Å²) < 4.78 is 4.93. The van der Waals surface area contributed by atoms with Crippen LogP contribution in [0, 0.1) is 0 Å². The fourth-order valence-electron chi connectivity index (χ4n) is 3.27. The number of carbonyl (C=O) groups is 1. The molecule has 0 N–H and O–H groups in total. The Kier molecular flexibility index (Phi) is 21.6. The molecule has 0 saturated heterocycles. The summed E-state index contributed by atoms with van der Waals surface area (Å²) in [6.07, 6.45) is 28.9. The summed E-state index contributed by atoms with van der Waals surface area (Å²) in [7, 11) is 0. The zero-order valence-electron chi connectivity index (χ0n) is 17.9. The topological polar surface area (TPSA) is 26.3 Å². The van der Waals surface area contributed by atoms with Crippen LogP contribution in [0.1, 0.15) is 129 Å². The van der Waals surface area contributed by atoms with Crippen LogP contribution in [0.4, 0.5) is 0 Å². The molecule has 0 saturated carbocycles. The first-order valence-corrected chi connectivity index (χ1v) is 11.6. The molecule has 0 heterocycles. The Morgan fingerprint density at radius 2 is 1.00 bits per heavy atom. The highest BCUT2D eigenvalue weighted by Gasteiger charge is 1.94. The van der Waals surface area contributed by atoms with Gasteiger partial charge in [0.15, 0.2) is 0 Å². The van der Waals surface area contributed by atoms with E-state index in [-0.39, 0.29) is 5.97 Å². The Balaban J connectivity index is 3.07. The van der Waals surface area contributed by atoms with Crippen molar-refractivity contribution in [1.82, 2.24) is 0 Å². The first-order valence-electron chi connectivity index (χ1n) is 11.6. The van der Waals surface area contributed by atoms with Gasteiger partial charge >= 0.3 is 5.97 Å². The van der Waals surface area contributed by atoms with Crippen LogP contribution in [0.2, 0.25) is 0 Å². The molecule has 0 aliphatic rings. The summed E-state index contributed by atoms with van der Waals surface area (Å²) in [5.74, 6) is -0.159. The van der Waals surface area contributed by atoms with E-state index in [1.54, 1.807) is 0 Å². The molecule has 0 aromatic carbocycles. The van der Waals surface area contributed by atoms with Crippen molar-refractivity contribution in [3.8, 4) is 0 Å². The first kappa shape index (κ1) is 25.2. The van der Waals surface area contributed by atoms with Crippen LogP contribution in [0.3, 0.4) is 0 Å². The van der Waals surface area contributed by atoms with Crippen molar-refractivity contribution in [3.63, 3.8) is 0 Å². The SMILES string of the molecule is CCCCCCCCCCCCC/C=C\CCCCCCCOC(C)=O. The minimum Gasteiger partial charge on any atom is -0.466 e. The van der Waals surface area contributed by atoms with Crippen molar-refractivity contribution < 1.29 is 9.53 Å². The molecule has 0 rings (SSSR count). The molecular formula is C24H46O2. The number of hydrogen-bond acceptors (Lipinski definition) is 2. The third-order valence-corrected chi connectivity index (χ3v) is 4.96. The first-order chi connectivity index (χ1) is 12.8. The molecule has 26 heavy (non-hydrogen) atoms. The average Bonchev–Trinajstić information content (AvgIpc) is 2.62. The van der Waals surface area contributed by atoms with Gasteiger partial charge in [0.2, 0.25) is 0 Å². The standard InChI is InChI=1S/C24H46O2/c1-3-4-5-6-7-8-9-10-11-12-13-14-15-16-17-18-19-20-21-22-23-26-24(2)25/h15-16H,3-14,17-23H2,1-2H3/b16-15-. The van der Waals surface area contributed by atoms with Gasteiger partial charge in [-0.15, -0.1) is 0 Å². The molecule has 154 valence electrons. The van der Waals surface area contributed by atoms with E-state index in [0.29, 0.717) is 6.61 Å². The summed E-state index contributed by atoms with van der Waals surface area (Å²) >= 11 is 0. The number of hydrogen-bond donors (Lipinski definition) is 0. The van der Waals surface area contributed by atoms with E-state index < -0.39 is 0 Å². The lowest BCUT2D eigenvalue weighted by Crippen LogP contribution is -1.99. The van der Waals surface area contributed by atoms with Gasteiger partial charge in [0.1, 0.15) is 0 Å². The van der Waals surface area contributed by atoms with Gasteiger partial charge in [0.05, 0.1) is 6.61 Å². The Morgan fingerprint density at radius 3 is 1.42 bits per heavy atom. The lowest BCUT2D eigenvalue weighted by atomic mass is 10.1. The molecule has 0 atom stereocenters. The van der Waals surface area contributed by atoms with Gasteiger partial charge in [-0.3, -0.25) is 4.79 Å². The Morgan fingerprint density at radius 1 is 0.615 bits per heavy atom. The van der Waals surface area contributed by atoms with Gasteiger partial charge in [-0.05, 0) is 32.1 Å². The summed E-state index contributed by atoms with van der Waals surface area (Å²) in [4.78, 5) is 10.6. The van der Waals surface area contributed by atoms with Gasteiger partial charge in [-0.1, -0.05) is 103 Å². The molecule has 0 bridgehead atoms. The number of allylic oxidation sites excluding steroid dienone is 2. The van der Waals surface area contributed by atoms with E-state index in [4.69, 9.17) is 4.74 Å². The fraction of sp³-hybridized carbons (Fsp3) is 0.875. The summed E-state index contributed by atoms with van der Waals surface area (Å²) in [6.45, 7) is 4.35. The van der Waals surface area contributed by atoms with E-state index in [0.717, 1.165) is 6.42 Å². The average molecular weight is 367 g/mol. The second-order valence-electron chi connectivity index (χ2n) is 7.69. The molecule has 0 aliphatic heterocycles. The predicted molar refractivity (Wildman–Crippen MR) is 115 cm³/mol. The minimum atomic E-state index is -0.159. The molecule has 0 radical (unpaired) electrons. The molecule has 0 aromatic rings. The van der Waals surface area contributed by atoms with Crippen molar-refractivity contribution in [2.75, 3.05) is 6.61 Å². The highest BCUT2D eigenvalue weighted by atomic mass is 16.5. The van der Waals surface area contributed by atoms with Crippen LogP contribution in [-0.2, 0) is 9.53 Å². The molecule has 0 spiro atoms. The molecule has 0 aliphatic carbocycles. The second kappa shape index (κ2) is 22.3. The van der Waals surface area contributed by atoms with E-state index in [1.807, 2.05) is 0 Å². The third-order valence-electron chi connectivity index (χ3n) is 4.96. The molecular weight excluding hydrogens is 320 g/mol. The van der Waals surface area contributed by atoms with Crippen molar-refractivity contribution >= 4 is 5.97 Å². The van der Waals surface area contributed by atoms with Gasteiger partial charge in [-0.2, -0.15) is 0 Å². The molecule has 0 fully saturated rings. The lowest BCUT2D eigenvalue weighted by molar-refractivity contribution is -0.141. The maximum Gasteiger partial charge on any atom is 0.302 e. The fourth-order valence-corrected chi connectivity index (χ4v) is 3.27. The molecule has 0 aromatic heterocycles. The normalized spacial score (nSPS) is 11.3. The predicted octanol–water partition coefficient (Wildman–Crippen LogP) is 8.15. The van der Waals surface area contributed by atoms with Crippen LogP contribution in [0.5, 0.6) is 0 Å². The summed E-state index contributed by atoms with van der Waals surface area (Å²) in [6, 6.07) is 0. The minimum absolute atomic E-state index is 0.159. The number of unbranched alkanes of at least 4 members (excludes halogenated alkanes) is 16. The van der Waals surface area contributed by atoms with Crippen LogP contribution in [0.15, 0.2) is 12.2 Å². The second-order valence-corrected chi connectivity index (χ2v) is 7.69. The van der Waals surface area contributed by atoms with Gasteiger partial charge in [-0.25, -0.2) is 0 Å². The molecule has 2 nitrogen and oxygen atoms in total. The van der Waals surface area contributed by atoms with Crippen LogP contribution < -0.4 is 0 Å². The summed E-state index contributed by atoms with van der Waals surface area (Å²) in [5.41, 5.74) is 0. The van der Waals surface area contributed by atoms with Crippen molar-refractivity contribution in [1.29, 1.82) is 0 Å². The molecule has 0 unspecified atom stereocenters. The zero-order valence-corrected chi connectivity index (χ0v) is 17.9. The van der Waals surface area contributed by atoms with Gasteiger partial charge in [0.25, 0.3) is 0 Å². The monoisotopic (exact) mass is 366 g/mol. The summed E-state index contributed by atoms with van der Waals surface area (Å²) in [5, 5.41) is 0. The largest absolute Gasteiger partial charge is 0.466 e. The smallest absolute Gasteiger partial charge is 0.302 e. The zero-order chi connectivity index (χ0) is 19.1. The number of esters is 1. The molecule has 2 heteroatoms. The van der Waals surface area contributed by atoms with E-state index >= 15 is 0 Å². The number of carbonyl (C=O) groups excluding carboxylic acids is 1. The number of ether oxygens (including phenoxy) is 1. The van der Waals surface area contributed by atoms with E-state index in [9.17, 15) is 4.79 Å². The van der Waals surface area contributed by atoms with Crippen LogP contribution >= 0.6 is 0 Å². The van der Waals surface area contributed by atoms with Crippen LogP contribution in [-0.4, -0.2) is 12.6 Å². The lowest BCUT2D eigenvalue weighted by Gasteiger charge is -2.02. The van der Waals surface area contributed by atoms with Gasteiger partial charge < -0.3 is 4.74 Å². The van der Waals surface area contributed by atoms with E-state index in [1.165, 1.54) is 116 Å². The Labute approximate surface area is 164 Å². The highest BCUT2D eigenvalue weighted by molar-refractivity contribution is 5.65. The van der Waals surface area contributed by atoms with Gasteiger partial charge in [0, 0.05) is 6.92 Å². The highest BCUT2D eigenvalue weighted by Crippen LogP contribution is 2.12. The van der Waals surface area contributed by atoms with Crippen molar-refractivity contribution in [2.45, 2.75) is 129 Å². The maximum atomic E-state index is 10.6. The van der Waals surface area contributed by atoms with Crippen molar-refractivity contribution in [2.24, 2.45) is 0 Å². The maximum absolute atomic E-state index is 10.6. The van der Waals surface area contributed by atoms with Crippen LogP contribution in [0.25, 0.3) is 0 Å². The van der Waals surface area contributed by atoms with E-state index in [2.05, 4.69) is 19.1 Å². The Bertz CT molecular complexity index is 309.